The molecule has 0 saturated heterocycles. The van der Waals surface area contributed by atoms with Crippen molar-refractivity contribution in [2.24, 2.45) is 0 Å². The second-order valence-electron chi connectivity index (χ2n) is 8.25. The molecule has 0 atom stereocenters. The van der Waals surface area contributed by atoms with Crippen LogP contribution in [-0.4, -0.2) is 20.9 Å². The van der Waals surface area contributed by atoms with E-state index in [2.05, 4.69) is 19.2 Å². The number of aryl methyl sites for hydroxylation is 1. The van der Waals surface area contributed by atoms with Crippen LogP contribution in [0.3, 0.4) is 0 Å². The zero-order valence-electron chi connectivity index (χ0n) is 18.2. The second kappa shape index (κ2) is 8.60. The molecular weight excluding hydrogens is 444 g/mol. The van der Waals surface area contributed by atoms with Gasteiger partial charge < -0.3 is 5.32 Å². The minimum atomic E-state index is -3.92. The van der Waals surface area contributed by atoms with Gasteiger partial charge >= 0.3 is 0 Å². The van der Waals surface area contributed by atoms with Crippen molar-refractivity contribution in [2.75, 3.05) is 16.2 Å². The fourth-order valence-corrected chi connectivity index (χ4v) is 6.05. The van der Waals surface area contributed by atoms with Crippen molar-refractivity contribution in [1.82, 2.24) is 0 Å². The highest BCUT2D eigenvalue weighted by Crippen LogP contribution is 2.35. The third-order valence-corrected chi connectivity index (χ3v) is 8.07. The number of amides is 1. The van der Waals surface area contributed by atoms with Crippen LogP contribution in [0.4, 0.5) is 11.4 Å². The van der Waals surface area contributed by atoms with Gasteiger partial charge in [-0.1, -0.05) is 61.8 Å². The molecule has 1 amide bonds. The van der Waals surface area contributed by atoms with E-state index in [1.165, 1.54) is 16.4 Å². The van der Waals surface area contributed by atoms with E-state index in [0.29, 0.717) is 18.7 Å². The summed E-state index contributed by atoms with van der Waals surface area (Å²) in [5, 5.41) is 3.06. The lowest BCUT2D eigenvalue weighted by Gasteiger charge is -2.21. The minimum absolute atomic E-state index is 0.0719. The number of carbonyl (C=O) groups is 1. The Bertz CT molecular complexity index is 1300. The Morgan fingerprint density at radius 2 is 1.81 bits per heavy atom. The molecule has 4 rings (SSSR count). The molecule has 166 valence electrons. The van der Waals surface area contributed by atoms with E-state index < -0.39 is 10.0 Å². The van der Waals surface area contributed by atoms with Crippen LogP contribution in [-0.2, 0) is 16.4 Å². The second-order valence-corrected chi connectivity index (χ2v) is 10.5. The zero-order valence-corrected chi connectivity index (χ0v) is 19.8. The van der Waals surface area contributed by atoms with E-state index in [9.17, 15) is 13.2 Å². The molecule has 1 aliphatic rings. The van der Waals surface area contributed by atoms with Crippen molar-refractivity contribution in [1.29, 1.82) is 0 Å². The number of nitrogens with one attached hydrogen (secondary N) is 1. The van der Waals surface area contributed by atoms with Crippen molar-refractivity contribution < 1.29 is 13.2 Å². The molecule has 1 aliphatic heterocycles. The van der Waals surface area contributed by atoms with Crippen LogP contribution < -0.4 is 9.62 Å². The lowest BCUT2D eigenvalue weighted by atomic mass is 9.98. The molecule has 3 aromatic rings. The van der Waals surface area contributed by atoms with E-state index in [1.54, 1.807) is 12.1 Å². The van der Waals surface area contributed by atoms with Gasteiger partial charge in [-0.25, -0.2) is 8.42 Å². The highest BCUT2D eigenvalue weighted by Gasteiger charge is 2.32. The molecule has 0 bridgehead atoms. The first-order chi connectivity index (χ1) is 15.2. The van der Waals surface area contributed by atoms with E-state index in [0.717, 1.165) is 22.4 Å². The molecule has 5 nitrogen and oxygen atoms in total. The quantitative estimate of drug-likeness (QED) is 0.516. The summed E-state index contributed by atoms with van der Waals surface area (Å²) in [7, 11) is -3.92. The maximum absolute atomic E-state index is 13.5. The molecule has 0 radical (unpaired) electrons. The van der Waals surface area contributed by atoms with Crippen molar-refractivity contribution in [3.8, 4) is 0 Å². The van der Waals surface area contributed by atoms with Gasteiger partial charge in [-0.15, -0.1) is 0 Å². The molecule has 0 saturated carbocycles. The van der Waals surface area contributed by atoms with Gasteiger partial charge in [-0.3, -0.25) is 9.10 Å². The first-order valence-corrected chi connectivity index (χ1v) is 12.3. The minimum Gasteiger partial charge on any atom is -0.321 e. The van der Waals surface area contributed by atoms with Gasteiger partial charge in [0.05, 0.1) is 10.7 Å². The molecule has 0 unspecified atom stereocenters. The van der Waals surface area contributed by atoms with Gasteiger partial charge in [0.1, 0.15) is 4.90 Å². The van der Waals surface area contributed by atoms with Crippen molar-refractivity contribution in [2.45, 2.75) is 38.0 Å². The van der Waals surface area contributed by atoms with Crippen LogP contribution in [0.25, 0.3) is 0 Å². The Balaban J connectivity index is 1.69. The number of halogens is 1. The summed E-state index contributed by atoms with van der Waals surface area (Å²) < 4.78 is 28.3. The predicted octanol–water partition coefficient (Wildman–Crippen LogP) is 5.78. The summed E-state index contributed by atoms with van der Waals surface area (Å²) in [6, 6.07) is 17.7. The Hall–Kier alpha value is -2.83. The molecule has 1 heterocycles. The Morgan fingerprint density at radius 1 is 1.06 bits per heavy atom. The van der Waals surface area contributed by atoms with E-state index in [4.69, 9.17) is 11.6 Å². The molecule has 0 spiro atoms. The number of hydrogen-bond donors (Lipinski definition) is 1. The van der Waals surface area contributed by atoms with E-state index in [1.807, 2.05) is 43.3 Å². The van der Waals surface area contributed by atoms with Gasteiger partial charge in [0, 0.05) is 17.8 Å². The number of para-hydroxylation sites is 2. The van der Waals surface area contributed by atoms with E-state index >= 15 is 0 Å². The number of carbonyl (C=O) groups excluding carboxylic acids is 1. The summed E-state index contributed by atoms with van der Waals surface area (Å²) >= 11 is 6.31. The normalized spacial score (nSPS) is 13.3. The van der Waals surface area contributed by atoms with Crippen molar-refractivity contribution in [3.63, 3.8) is 0 Å². The lowest BCUT2D eigenvalue weighted by Crippen LogP contribution is -2.29. The van der Waals surface area contributed by atoms with Crippen molar-refractivity contribution in [3.05, 3.63) is 87.9 Å². The fourth-order valence-electron chi connectivity index (χ4n) is 4.05. The maximum atomic E-state index is 13.5. The SMILES string of the molecule is Cc1cccc(C(C)C)c1NC(=O)c1ccc(Cl)c(S(=O)(=O)N2CCc3ccccc32)c1. The van der Waals surface area contributed by atoms with Gasteiger partial charge in [0.15, 0.2) is 0 Å². The van der Waals surface area contributed by atoms with Gasteiger partial charge in [-0.05, 0) is 60.2 Å². The topological polar surface area (TPSA) is 66.5 Å². The number of hydrogen-bond acceptors (Lipinski definition) is 3. The largest absolute Gasteiger partial charge is 0.321 e. The number of nitrogens with zero attached hydrogens (tertiary/aromatic N) is 1. The van der Waals surface area contributed by atoms with Crippen LogP contribution in [0.1, 0.15) is 46.8 Å². The highest BCUT2D eigenvalue weighted by atomic mass is 35.5. The summed E-state index contributed by atoms with van der Waals surface area (Å²) in [5.41, 5.74) is 4.58. The van der Waals surface area contributed by atoms with Crippen molar-refractivity contribution >= 4 is 38.9 Å². The van der Waals surface area contributed by atoms with Crippen LogP contribution >= 0.6 is 11.6 Å². The smallest absolute Gasteiger partial charge is 0.265 e. The summed E-state index contributed by atoms with van der Waals surface area (Å²) in [6.07, 6.45) is 0.637. The standard InChI is InChI=1S/C25H25ClN2O3S/c1-16(2)20-9-6-7-17(3)24(20)27-25(29)19-11-12-21(26)23(15-19)32(30,31)28-14-13-18-8-4-5-10-22(18)28/h4-12,15-16H,13-14H2,1-3H3,(H,27,29). The first-order valence-electron chi connectivity index (χ1n) is 10.5. The van der Waals surface area contributed by atoms with Crippen LogP contribution in [0.5, 0.6) is 0 Å². The molecule has 32 heavy (non-hydrogen) atoms. The molecule has 0 fully saturated rings. The number of fused-ring (bicyclic) bond motifs is 1. The Kier molecular flexibility index (Phi) is 6.01. The maximum Gasteiger partial charge on any atom is 0.265 e. The average molecular weight is 469 g/mol. The highest BCUT2D eigenvalue weighted by molar-refractivity contribution is 7.93. The van der Waals surface area contributed by atoms with Crippen LogP contribution in [0.15, 0.2) is 65.6 Å². The molecule has 1 N–H and O–H groups in total. The molecule has 0 aliphatic carbocycles. The lowest BCUT2D eigenvalue weighted by molar-refractivity contribution is 0.102. The van der Waals surface area contributed by atoms with Gasteiger partial charge in [0.2, 0.25) is 0 Å². The summed E-state index contributed by atoms with van der Waals surface area (Å²) in [5.74, 6) is -0.155. The molecule has 7 heteroatoms. The number of benzene rings is 3. The van der Waals surface area contributed by atoms with Gasteiger partial charge in [0.25, 0.3) is 15.9 Å². The van der Waals surface area contributed by atoms with Crippen LogP contribution in [0.2, 0.25) is 5.02 Å². The Morgan fingerprint density at radius 3 is 2.56 bits per heavy atom. The van der Waals surface area contributed by atoms with Crippen LogP contribution in [0, 0.1) is 6.92 Å². The molecular formula is C25H25ClN2O3S. The number of anilines is 2. The zero-order chi connectivity index (χ0) is 23.0. The summed E-state index contributed by atoms with van der Waals surface area (Å²) in [4.78, 5) is 13.0. The first kappa shape index (κ1) is 22.4. The average Bonchev–Trinajstić information content (AvgIpc) is 3.20. The molecule has 3 aromatic carbocycles. The third-order valence-electron chi connectivity index (χ3n) is 5.77. The van der Waals surface area contributed by atoms with Gasteiger partial charge in [-0.2, -0.15) is 0 Å². The molecule has 0 aromatic heterocycles. The summed E-state index contributed by atoms with van der Waals surface area (Å²) in [6.45, 7) is 6.40. The Labute approximate surface area is 194 Å². The third kappa shape index (κ3) is 4.00. The fraction of sp³-hybridized carbons (Fsp3) is 0.240. The number of sulfonamides is 1. The van der Waals surface area contributed by atoms with E-state index in [-0.39, 0.29) is 27.3 Å². The predicted molar refractivity (Wildman–Crippen MR) is 129 cm³/mol. The monoisotopic (exact) mass is 468 g/mol. The number of rotatable bonds is 5.